The maximum absolute atomic E-state index is 14.7. The Morgan fingerprint density at radius 1 is 1.31 bits per heavy atom. The molecule has 0 radical (unpaired) electrons. The summed E-state index contributed by atoms with van der Waals surface area (Å²) in [6, 6.07) is 6.54. The van der Waals surface area contributed by atoms with E-state index in [2.05, 4.69) is 34.6 Å². The highest BCUT2D eigenvalue weighted by Gasteiger charge is 2.19. The number of carbonyl (C=O) groups is 1. The number of methoxy groups -OCH3 is 1. The van der Waals surface area contributed by atoms with E-state index in [0.717, 1.165) is 23.4 Å². The van der Waals surface area contributed by atoms with E-state index in [0.29, 0.717) is 31.3 Å². The van der Waals surface area contributed by atoms with E-state index in [4.69, 9.17) is 16.2 Å². The molecule has 172 valence electrons. The quantitative estimate of drug-likeness (QED) is 0.358. The van der Waals surface area contributed by atoms with Crippen molar-refractivity contribution in [3.63, 3.8) is 0 Å². The number of benzene rings is 1. The molecule has 2 aromatic heterocycles. The zero-order chi connectivity index (χ0) is 23.3. The van der Waals surface area contributed by atoms with Gasteiger partial charge in [0.05, 0.1) is 36.1 Å². The van der Waals surface area contributed by atoms with E-state index in [1.807, 2.05) is 22.9 Å². The lowest BCUT2D eigenvalue weighted by Gasteiger charge is -2.21. The van der Waals surface area contributed by atoms with Gasteiger partial charge in [-0.25, -0.2) is 9.37 Å². The number of nitrogens with two attached hydrogens (primary N) is 2. The van der Waals surface area contributed by atoms with Crippen LogP contribution in [0.5, 0.6) is 0 Å². The van der Waals surface area contributed by atoms with Crippen LogP contribution in [0.1, 0.15) is 30.6 Å². The van der Waals surface area contributed by atoms with Gasteiger partial charge in [0.15, 0.2) is 11.6 Å². The van der Waals surface area contributed by atoms with Crippen molar-refractivity contribution in [2.24, 2.45) is 17.4 Å². The maximum atomic E-state index is 14.7. The van der Waals surface area contributed by atoms with E-state index < -0.39 is 11.7 Å². The molecule has 3 aromatic rings. The first-order valence-corrected chi connectivity index (χ1v) is 10.5. The third kappa shape index (κ3) is 5.32. The highest BCUT2D eigenvalue weighted by molar-refractivity contribution is 6.00. The molecule has 1 amide bonds. The number of aromatic nitrogens is 3. The molecule has 0 unspecified atom stereocenters. The van der Waals surface area contributed by atoms with Gasteiger partial charge < -0.3 is 26.8 Å². The Morgan fingerprint density at radius 2 is 2.09 bits per heavy atom. The first-order chi connectivity index (χ1) is 15.3. The van der Waals surface area contributed by atoms with Gasteiger partial charge in [-0.3, -0.25) is 9.48 Å². The predicted octanol–water partition coefficient (Wildman–Crippen LogP) is 2.84. The van der Waals surface area contributed by atoms with E-state index >= 15 is 0 Å². The fourth-order valence-electron chi connectivity index (χ4n) is 3.55. The highest BCUT2D eigenvalue weighted by Crippen LogP contribution is 2.29. The van der Waals surface area contributed by atoms with Crippen molar-refractivity contribution in [3.8, 4) is 0 Å². The number of anilines is 3. The summed E-state index contributed by atoms with van der Waals surface area (Å²) in [4.78, 5) is 16.3. The lowest BCUT2D eigenvalue weighted by Crippen LogP contribution is -2.31. The average Bonchev–Trinajstić information content (AvgIpc) is 3.17. The Bertz CT molecular complexity index is 1080. The Hall–Kier alpha value is -3.24. The topological polar surface area (TPSA) is 133 Å². The number of hydrogen-bond donors (Lipinski definition) is 4. The van der Waals surface area contributed by atoms with Gasteiger partial charge in [-0.05, 0) is 30.5 Å². The molecule has 32 heavy (non-hydrogen) atoms. The summed E-state index contributed by atoms with van der Waals surface area (Å²) >= 11 is 0. The molecule has 1 aromatic carbocycles. The van der Waals surface area contributed by atoms with Crippen molar-refractivity contribution in [2.45, 2.75) is 32.9 Å². The lowest BCUT2D eigenvalue weighted by atomic mass is 10.0. The minimum atomic E-state index is -0.786. The largest absolute Gasteiger partial charge is 0.383 e. The molecular formula is C22H30FN7O2. The second-order valence-corrected chi connectivity index (χ2v) is 8.01. The summed E-state index contributed by atoms with van der Waals surface area (Å²) in [5, 5.41) is 11.4. The Labute approximate surface area is 186 Å². The summed E-state index contributed by atoms with van der Waals surface area (Å²) in [6.45, 7) is 5.55. The molecule has 0 saturated carbocycles. The SMILES string of the molecule is COCCn1ncc2c(Nc3nc(N[C@@H](CN)CC(C)C)c(F)cc3C(N)=O)cccc21. The Morgan fingerprint density at radius 3 is 2.75 bits per heavy atom. The number of carbonyl (C=O) groups excluding carboxylic acids is 1. The second-order valence-electron chi connectivity index (χ2n) is 8.01. The molecule has 0 fully saturated rings. The number of rotatable bonds is 11. The van der Waals surface area contributed by atoms with Crippen LogP contribution < -0.4 is 22.1 Å². The molecule has 6 N–H and O–H groups in total. The number of ether oxygens (including phenoxy) is 1. The number of nitrogens with zero attached hydrogens (tertiary/aromatic N) is 3. The summed E-state index contributed by atoms with van der Waals surface area (Å²) in [5.74, 6) is -0.924. The average molecular weight is 444 g/mol. The molecular weight excluding hydrogens is 413 g/mol. The van der Waals surface area contributed by atoms with Gasteiger partial charge in [0.2, 0.25) is 0 Å². The number of hydrogen-bond acceptors (Lipinski definition) is 7. The molecule has 0 spiro atoms. The van der Waals surface area contributed by atoms with Crippen LogP contribution in [0.15, 0.2) is 30.5 Å². The molecule has 0 aliphatic heterocycles. The third-order valence-corrected chi connectivity index (χ3v) is 5.07. The molecule has 2 heterocycles. The van der Waals surface area contributed by atoms with Crippen molar-refractivity contribution in [1.82, 2.24) is 14.8 Å². The fraction of sp³-hybridized carbons (Fsp3) is 0.409. The number of nitrogens with one attached hydrogen (secondary N) is 2. The summed E-state index contributed by atoms with van der Waals surface area (Å²) in [6.07, 6.45) is 2.46. The molecule has 0 aliphatic rings. The van der Waals surface area contributed by atoms with Crippen molar-refractivity contribution in [1.29, 1.82) is 0 Å². The minimum absolute atomic E-state index is 0.0107. The molecule has 9 nitrogen and oxygen atoms in total. The molecule has 0 bridgehead atoms. The van der Waals surface area contributed by atoms with Gasteiger partial charge >= 0.3 is 0 Å². The molecule has 0 aliphatic carbocycles. The van der Waals surface area contributed by atoms with Crippen molar-refractivity contribution in [3.05, 3.63) is 41.8 Å². The van der Waals surface area contributed by atoms with Crippen LogP contribution >= 0.6 is 0 Å². The van der Waals surface area contributed by atoms with Crippen molar-refractivity contribution in [2.75, 3.05) is 30.9 Å². The molecule has 1 atom stereocenters. The number of primary amides is 1. The van der Waals surface area contributed by atoms with Gasteiger partial charge in [0.1, 0.15) is 5.82 Å². The minimum Gasteiger partial charge on any atom is -0.383 e. The number of fused-ring (bicyclic) bond motifs is 1. The first kappa shape index (κ1) is 23.4. The first-order valence-electron chi connectivity index (χ1n) is 10.5. The van der Waals surface area contributed by atoms with Gasteiger partial charge in [0, 0.05) is 25.1 Å². The van der Waals surface area contributed by atoms with Crippen molar-refractivity contribution < 1.29 is 13.9 Å². The van der Waals surface area contributed by atoms with Gasteiger partial charge in [-0.1, -0.05) is 19.9 Å². The summed E-state index contributed by atoms with van der Waals surface area (Å²) < 4.78 is 21.7. The van der Waals surface area contributed by atoms with Crippen LogP contribution in [-0.2, 0) is 11.3 Å². The Balaban J connectivity index is 1.98. The van der Waals surface area contributed by atoms with Crippen LogP contribution in [-0.4, -0.2) is 47.0 Å². The summed E-state index contributed by atoms with van der Waals surface area (Å²) in [7, 11) is 1.63. The molecule has 3 rings (SSSR count). The van der Waals surface area contributed by atoms with Gasteiger partial charge in [0.25, 0.3) is 5.91 Å². The fourth-order valence-corrected chi connectivity index (χ4v) is 3.55. The molecule has 0 saturated heterocycles. The zero-order valence-electron chi connectivity index (χ0n) is 18.6. The zero-order valence-corrected chi connectivity index (χ0v) is 18.6. The second kappa shape index (κ2) is 10.4. The van der Waals surface area contributed by atoms with Gasteiger partial charge in [-0.15, -0.1) is 0 Å². The molecule has 10 heteroatoms. The van der Waals surface area contributed by atoms with E-state index in [-0.39, 0.29) is 23.2 Å². The summed E-state index contributed by atoms with van der Waals surface area (Å²) in [5.41, 5.74) is 12.8. The van der Waals surface area contributed by atoms with E-state index in [1.54, 1.807) is 13.3 Å². The van der Waals surface area contributed by atoms with Crippen LogP contribution in [0, 0.1) is 11.7 Å². The lowest BCUT2D eigenvalue weighted by molar-refractivity contribution is 0.100. The predicted molar refractivity (Wildman–Crippen MR) is 124 cm³/mol. The van der Waals surface area contributed by atoms with Crippen LogP contribution in [0.3, 0.4) is 0 Å². The standard InChI is InChI=1S/C22H30FN7O2/c1-13(2)9-14(11-24)27-22-17(23)10-15(20(25)31)21(29-22)28-18-5-4-6-19-16(18)12-26-30(19)7-8-32-3/h4-6,10,12-14H,7-9,11,24H2,1-3H3,(H2,25,31)(H2,27,28,29)/t14-/m1/s1. The number of pyridine rings is 1. The maximum Gasteiger partial charge on any atom is 0.252 e. The third-order valence-electron chi connectivity index (χ3n) is 5.07. The van der Waals surface area contributed by atoms with Gasteiger partial charge in [-0.2, -0.15) is 5.10 Å². The van der Waals surface area contributed by atoms with E-state index in [9.17, 15) is 9.18 Å². The highest BCUT2D eigenvalue weighted by atomic mass is 19.1. The number of amides is 1. The van der Waals surface area contributed by atoms with Crippen LogP contribution in [0.2, 0.25) is 0 Å². The van der Waals surface area contributed by atoms with E-state index in [1.165, 1.54) is 0 Å². The number of halogens is 1. The van der Waals surface area contributed by atoms with Crippen LogP contribution in [0.25, 0.3) is 10.9 Å². The normalized spacial score (nSPS) is 12.3. The monoisotopic (exact) mass is 443 g/mol. The Kier molecular flexibility index (Phi) is 7.60. The van der Waals surface area contributed by atoms with Crippen molar-refractivity contribution >= 4 is 34.1 Å². The van der Waals surface area contributed by atoms with Crippen LogP contribution in [0.4, 0.5) is 21.7 Å². The smallest absolute Gasteiger partial charge is 0.252 e.